The summed E-state index contributed by atoms with van der Waals surface area (Å²) < 4.78 is 11.0. The number of rotatable bonds is 5. The molecule has 0 spiro atoms. The monoisotopic (exact) mass is 376 g/mol. The van der Waals surface area contributed by atoms with Crippen LogP contribution in [0, 0.1) is 0 Å². The van der Waals surface area contributed by atoms with Gasteiger partial charge in [0.25, 0.3) is 5.89 Å². The summed E-state index contributed by atoms with van der Waals surface area (Å²) in [5, 5.41) is 12.0. The van der Waals surface area contributed by atoms with Gasteiger partial charge in [0.05, 0.1) is 6.26 Å². The molecule has 3 aromatic rings. The SMILES string of the molecule is C1=CCC(NC2CCN(c3ccc(-c4nnc(-c5ccco5)o4)cc3)CC2)C1. The van der Waals surface area contributed by atoms with Gasteiger partial charge in [-0.1, -0.05) is 12.2 Å². The molecular formula is C22H24N4O2. The Morgan fingerprint density at radius 2 is 1.64 bits per heavy atom. The Morgan fingerprint density at radius 3 is 2.36 bits per heavy atom. The lowest BCUT2D eigenvalue weighted by molar-refractivity contribution is 0.372. The van der Waals surface area contributed by atoms with Gasteiger partial charge in [-0.25, -0.2) is 0 Å². The molecule has 0 amide bonds. The van der Waals surface area contributed by atoms with Crippen molar-refractivity contribution >= 4 is 5.69 Å². The summed E-state index contributed by atoms with van der Waals surface area (Å²) in [5.41, 5.74) is 2.16. The first-order valence-electron chi connectivity index (χ1n) is 9.99. The van der Waals surface area contributed by atoms with Crippen LogP contribution in [0.15, 0.2) is 63.6 Å². The third-order valence-corrected chi connectivity index (χ3v) is 5.61. The lowest BCUT2D eigenvalue weighted by Crippen LogP contribution is -2.45. The molecule has 0 saturated carbocycles. The van der Waals surface area contributed by atoms with Crippen LogP contribution in [0.1, 0.15) is 25.7 Å². The van der Waals surface area contributed by atoms with Crippen molar-refractivity contribution in [2.24, 2.45) is 0 Å². The molecule has 1 fully saturated rings. The van der Waals surface area contributed by atoms with Crippen LogP contribution in [0.2, 0.25) is 0 Å². The second-order valence-electron chi connectivity index (χ2n) is 7.50. The molecule has 2 aliphatic rings. The molecule has 1 saturated heterocycles. The van der Waals surface area contributed by atoms with E-state index in [1.165, 1.54) is 31.4 Å². The number of anilines is 1. The van der Waals surface area contributed by atoms with Crippen molar-refractivity contribution in [1.29, 1.82) is 0 Å². The molecule has 0 radical (unpaired) electrons. The maximum atomic E-state index is 5.73. The highest BCUT2D eigenvalue weighted by Gasteiger charge is 2.22. The minimum absolute atomic E-state index is 0.399. The number of nitrogens with zero attached hydrogens (tertiary/aromatic N) is 3. The number of nitrogens with one attached hydrogen (secondary N) is 1. The fraction of sp³-hybridized carbons (Fsp3) is 0.364. The number of piperidine rings is 1. The van der Waals surface area contributed by atoms with Crippen molar-refractivity contribution < 1.29 is 8.83 Å². The van der Waals surface area contributed by atoms with E-state index in [0.717, 1.165) is 18.7 Å². The van der Waals surface area contributed by atoms with E-state index in [0.29, 0.717) is 29.6 Å². The average Bonchev–Trinajstić information content (AvgIpc) is 3.50. The topological polar surface area (TPSA) is 67.3 Å². The normalized spacial score (nSPS) is 18.2. The molecule has 5 rings (SSSR count). The van der Waals surface area contributed by atoms with Gasteiger partial charge in [0.2, 0.25) is 5.89 Å². The van der Waals surface area contributed by atoms with E-state index in [9.17, 15) is 0 Å². The summed E-state index contributed by atoms with van der Waals surface area (Å²) in [4.78, 5) is 2.46. The molecule has 6 nitrogen and oxygen atoms in total. The Kier molecular flexibility index (Phi) is 4.71. The second-order valence-corrected chi connectivity index (χ2v) is 7.50. The molecule has 28 heavy (non-hydrogen) atoms. The Morgan fingerprint density at radius 1 is 0.893 bits per heavy atom. The molecule has 0 unspecified atom stereocenters. The second kappa shape index (κ2) is 7.64. The van der Waals surface area contributed by atoms with Crippen LogP contribution in [-0.2, 0) is 0 Å². The Balaban J connectivity index is 1.20. The summed E-state index contributed by atoms with van der Waals surface area (Å²) >= 11 is 0. The molecule has 3 heterocycles. The third kappa shape index (κ3) is 3.60. The average molecular weight is 376 g/mol. The molecule has 1 aliphatic heterocycles. The van der Waals surface area contributed by atoms with Crippen LogP contribution in [0.5, 0.6) is 0 Å². The maximum Gasteiger partial charge on any atom is 0.283 e. The van der Waals surface area contributed by atoms with Gasteiger partial charge in [0.15, 0.2) is 5.76 Å². The fourth-order valence-corrected chi connectivity index (χ4v) is 4.05. The highest BCUT2D eigenvalue weighted by atomic mass is 16.4. The number of furan rings is 1. The van der Waals surface area contributed by atoms with Gasteiger partial charge in [0.1, 0.15) is 0 Å². The molecule has 2 aromatic heterocycles. The molecular weight excluding hydrogens is 352 g/mol. The van der Waals surface area contributed by atoms with Gasteiger partial charge in [-0.05, 0) is 62.1 Å². The number of benzene rings is 1. The zero-order valence-electron chi connectivity index (χ0n) is 15.8. The van der Waals surface area contributed by atoms with Gasteiger partial charge in [0, 0.05) is 36.4 Å². The highest BCUT2D eigenvalue weighted by molar-refractivity contribution is 5.60. The smallest absolute Gasteiger partial charge is 0.283 e. The van der Waals surface area contributed by atoms with Crippen molar-refractivity contribution in [1.82, 2.24) is 15.5 Å². The van der Waals surface area contributed by atoms with E-state index < -0.39 is 0 Å². The van der Waals surface area contributed by atoms with E-state index in [1.54, 1.807) is 12.3 Å². The Labute approximate surface area is 164 Å². The molecule has 1 aliphatic carbocycles. The summed E-state index contributed by atoms with van der Waals surface area (Å²) in [5.74, 6) is 1.49. The summed E-state index contributed by atoms with van der Waals surface area (Å²) in [7, 11) is 0. The maximum absolute atomic E-state index is 5.73. The van der Waals surface area contributed by atoms with Crippen molar-refractivity contribution in [3.8, 4) is 23.1 Å². The van der Waals surface area contributed by atoms with Crippen molar-refractivity contribution in [3.05, 3.63) is 54.8 Å². The zero-order valence-corrected chi connectivity index (χ0v) is 15.8. The minimum Gasteiger partial charge on any atom is -0.459 e. The minimum atomic E-state index is 0.399. The fourth-order valence-electron chi connectivity index (χ4n) is 4.05. The lowest BCUT2D eigenvalue weighted by atomic mass is 10.0. The van der Waals surface area contributed by atoms with Crippen LogP contribution in [0.25, 0.3) is 23.1 Å². The number of hydrogen-bond acceptors (Lipinski definition) is 6. The van der Waals surface area contributed by atoms with Crippen LogP contribution >= 0.6 is 0 Å². The Hall–Kier alpha value is -2.86. The molecule has 6 heteroatoms. The number of hydrogen-bond donors (Lipinski definition) is 1. The Bertz CT molecular complexity index is 914. The van der Waals surface area contributed by atoms with Crippen molar-refractivity contribution in [3.63, 3.8) is 0 Å². The van der Waals surface area contributed by atoms with Gasteiger partial charge in [-0.2, -0.15) is 0 Å². The summed E-state index contributed by atoms with van der Waals surface area (Å²) in [6, 6.07) is 13.3. The zero-order chi connectivity index (χ0) is 18.8. The van der Waals surface area contributed by atoms with Gasteiger partial charge in [-0.15, -0.1) is 10.2 Å². The molecule has 0 bridgehead atoms. The lowest BCUT2D eigenvalue weighted by Gasteiger charge is -2.35. The first-order chi connectivity index (χ1) is 13.8. The first-order valence-corrected chi connectivity index (χ1v) is 9.99. The van der Waals surface area contributed by atoms with Gasteiger partial charge < -0.3 is 19.1 Å². The third-order valence-electron chi connectivity index (χ3n) is 5.61. The predicted molar refractivity (Wildman–Crippen MR) is 108 cm³/mol. The van der Waals surface area contributed by atoms with E-state index in [2.05, 4.69) is 44.7 Å². The standard InChI is InChI=1S/C22H24N4O2/c1-2-5-17(4-1)23-18-11-13-26(14-12-18)19-9-7-16(8-10-19)21-24-25-22(28-21)20-6-3-15-27-20/h1-3,6-10,15,17-18,23H,4-5,11-14H2. The molecule has 1 N–H and O–H groups in total. The quantitative estimate of drug-likeness (QED) is 0.671. The first kappa shape index (κ1) is 17.3. The van der Waals surface area contributed by atoms with Crippen LogP contribution < -0.4 is 10.2 Å². The summed E-state index contributed by atoms with van der Waals surface area (Å²) in [6.45, 7) is 2.17. The molecule has 1 aromatic carbocycles. The van der Waals surface area contributed by atoms with Gasteiger partial charge >= 0.3 is 0 Å². The predicted octanol–water partition coefficient (Wildman–Crippen LogP) is 4.27. The highest BCUT2D eigenvalue weighted by Crippen LogP contribution is 2.27. The molecule has 144 valence electrons. The largest absolute Gasteiger partial charge is 0.459 e. The van der Waals surface area contributed by atoms with Gasteiger partial charge in [-0.3, -0.25) is 0 Å². The van der Waals surface area contributed by atoms with Crippen molar-refractivity contribution in [2.75, 3.05) is 18.0 Å². The molecule has 0 atom stereocenters. The van der Waals surface area contributed by atoms with Crippen LogP contribution in [-0.4, -0.2) is 35.4 Å². The number of aromatic nitrogens is 2. The van der Waals surface area contributed by atoms with Crippen molar-refractivity contribution in [2.45, 2.75) is 37.8 Å². The van der Waals surface area contributed by atoms with E-state index >= 15 is 0 Å². The van der Waals surface area contributed by atoms with E-state index in [4.69, 9.17) is 8.83 Å². The van der Waals surface area contributed by atoms with E-state index in [1.807, 2.05) is 18.2 Å². The van der Waals surface area contributed by atoms with Crippen LogP contribution in [0.3, 0.4) is 0 Å². The van der Waals surface area contributed by atoms with Crippen LogP contribution in [0.4, 0.5) is 5.69 Å². The summed E-state index contributed by atoms with van der Waals surface area (Å²) in [6.07, 6.45) is 10.9. The van der Waals surface area contributed by atoms with E-state index in [-0.39, 0.29) is 0 Å².